The van der Waals surface area contributed by atoms with Gasteiger partial charge in [-0.3, -0.25) is 4.79 Å². The normalized spacial score (nSPS) is 14.9. The Hall–Kier alpha value is -3.44. The number of sulfonamides is 1. The van der Waals surface area contributed by atoms with E-state index in [0.29, 0.717) is 12.1 Å². The first-order chi connectivity index (χ1) is 16.5. The highest BCUT2D eigenvalue weighted by Gasteiger charge is 2.30. The Morgan fingerprint density at radius 1 is 1.09 bits per heavy atom. The Bertz CT molecular complexity index is 1440. The first-order valence-corrected chi connectivity index (χ1v) is 12.6. The summed E-state index contributed by atoms with van der Waals surface area (Å²) in [5.74, 6) is -2.02. The fraction of sp³-hybridized carbons (Fsp3) is 0.333. The van der Waals surface area contributed by atoms with E-state index in [9.17, 15) is 23.1 Å². The molecule has 186 valence electrons. The number of carbonyl (C=O) groups is 1. The molecule has 4 rings (SSSR count). The molecule has 0 amide bonds. The first-order valence-electron chi connectivity index (χ1n) is 11.2. The van der Waals surface area contributed by atoms with Crippen LogP contribution < -0.4 is 15.2 Å². The third-order valence-corrected chi connectivity index (χ3v) is 8.20. The lowest BCUT2D eigenvalue weighted by Crippen LogP contribution is -2.48. The van der Waals surface area contributed by atoms with Crippen LogP contribution in [0.5, 0.6) is 0 Å². The molecule has 1 aliphatic heterocycles. The average Bonchev–Trinajstić information content (AvgIpc) is 2.84. The van der Waals surface area contributed by atoms with Gasteiger partial charge in [-0.05, 0) is 43.3 Å². The zero-order valence-electron chi connectivity index (χ0n) is 19.7. The molecule has 0 atom stereocenters. The van der Waals surface area contributed by atoms with Crippen LogP contribution in [0.4, 0.5) is 15.8 Å². The predicted octanol–water partition coefficient (Wildman–Crippen LogP) is 2.44. The van der Waals surface area contributed by atoms with Crippen molar-refractivity contribution in [1.82, 2.24) is 8.87 Å². The molecule has 0 spiro atoms. The summed E-state index contributed by atoms with van der Waals surface area (Å²) in [6.45, 7) is 3.07. The summed E-state index contributed by atoms with van der Waals surface area (Å²) in [7, 11) is 0.0584. The summed E-state index contributed by atoms with van der Waals surface area (Å²) in [6.07, 6.45) is 1.26. The molecule has 11 heteroatoms. The minimum absolute atomic E-state index is 0.00427. The number of hydrogen-bond donors (Lipinski definition) is 1. The summed E-state index contributed by atoms with van der Waals surface area (Å²) in [5, 5.41) is 9.31. The molecule has 0 radical (unpaired) electrons. The number of aromatic carboxylic acids is 1. The highest BCUT2D eigenvalue weighted by molar-refractivity contribution is 7.89. The minimum Gasteiger partial charge on any atom is -0.477 e. The number of piperazine rings is 1. The van der Waals surface area contributed by atoms with Gasteiger partial charge in [0, 0.05) is 64.1 Å². The van der Waals surface area contributed by atoms with Gasteiger partial charge in [0.1, 0.15) is 11.4 Å². The Balaban J connectivity index is 1.60. The predicted molar refractivity (Wildman–Crippen MR) is 133 cm³/mol. The summed E-state index contributed by atoms with van der Waals surface area (Å²) >= 11 is 0. The summed E-state index contributed by atoms with van der Waals surface area (Å²) in [5.41, 5.74) is 0.411. The lowest BCUT2D eigenvalue weighted by molar-refractivity contribution is 0.0695. The Labute approximate surface area is 202 Å². The van der Waals surface area contributed by atoms with Crippen molar-refractivity contribution in [2.75, 3.05) is 50.1 Å². The number of aromatic nitrogens is 1. The van der Waals surface area contributed by atoms with Crippen LogP contribution in [0.2, 0.25) is 0 Å². The molecule has 2 heterocycles. The van der Waals surface area contributed by atoms with Crippen molar-refractivity contribution in [1.29, 1.82) is 0 Å². The van der Waals surface area contributed by atoms with Gasteiger partial charge in [-0.25, -0.2) is 17.6 Å². The second-order valence-corrected chi connectivity index (χ2v) is 10.5. The molecule has 0 aliphatic carbocycles. The van der Waals surface area contributed by atoms with Gasteiger partial charge in [0.25, 0.3) is 0 Å². The third-order valence-electron chi connectivity index (χ3n) is 6.29. The smallest absolute Gasteiger partial charge is 0.341 e. The Morgan fingerprint density at radius 2 is 1.71 bits per heavy atom. The van der Waals surface area contributed by atoms with E-state index in [1.165, 1.54) is 16.6 Å². The van der Waals surface area contributed by atoms with Crippen molar-refractivity contribution < 1.29 is 22.7 Å². The van der Waals surface area contributed by atoms with Crippen molar-refractivity contribution in [3.05, 3.63) is 64.2 Å². The molecule has 1 aromatic heterocycles. The standard InChI is InChI=1S/C24H27FN4O5S/c1-4-27-15-19(24(31)32)23(30)18-13-20(25)22(14-21(18)27)28-9-11-29(12-10-28)35(33,34)17-7-5-16(6-8-17)26(2)3/h5-8,13-15H,4,9-12H2,1-3H3,(H,31,32). The number of pyridine rings is 1. The molecular formula is C24H27FN4O5S. The summed E-state index contributed by atoms with van der Waals surface area (Å²) in [4.78, 5) is 27.8. The fourth-order valence-corrected chi connectivity index (χ4v) is 5.71. The summed E-state index contributed by atoms with van der Waals surface area (Å²) < 4.78 is 44.3. The second kappa shape index (κ2) is 9.31. The highest BCUT2D eigenvalue weighted by atomic mass is 32.2. The molecule has 1 fully saturated rings. The topological polar surface area (TPSA) is 103 Å². The van der Waals surface area contributed by atoms with Gasteiger partial charge >= 0.3 is 5.97 Å². The Kier molecular flexibility index (Phi) is 6.56. The van der Waals surface area contributed by atoms with Crippen molar-refractivity contribution in [2.45, 2.75) is 18.4 Å². The van der Waals surface area contributed by atoms with Crippen molar-refractivity contribution in [2.24, 2.45) is 0 Å². The molecule has 9 nitrogen and oxygen atoms in total. The van der Waals surface area contributed by atoms with E-state index in [1.54, 1.807) is 40.7 Å². The molecule has 1 N–H and O–H groups in total. The van der Waals surface area contributed by atoms with Crippen LogP contribution in [0.25, 0.3) is 10.9 Å². The summed E-state index contributed by atoms with van der Waals surface area (Å²) in [6, 6.07) is 9.25. The maximum absolute atomic E-state index is 15.1. The van der Waals surface area contributed by atoms with Crippen molar-refractivity contribution in [3.8, 4) is 0 Å². The first kappa shape index (κ1) is 24.7. The number of halogens is 1. The van der Waals surface area contributed by atoms with E-state index >= 15 is 4.39 Å². The van der Waals surface area contributed by atoms with Crippen LogP contribution in [0.1, 0.15) is 17.3 Å². The molecule has 1 aliphatic rings. The zero-order valence-corrected chi connectivity index (χ0v) is 20.5. The molecule has 3 aromatic rings. The number of aryl methyl sites for hydroxylation is 1. The van der Waals surface area contributed by atoms with Gasteiger partial charge in [-0.1, -0.05) is 0 Å². The van der Waals surface area contributed by atoms with Crippen LogP contribution in [0, 0.1) is 5.82 Å². The number of carboxylic acids is 1. The average molecular weight is 503 g/mol. The molecule has 0 unspecified atom stereocenters. The lowest BCUT2D eigenvalue weighted by Gasteiger charge is -2.35. The van der Waals surface area contributed by atoms with Crippen molar-refractivity contribution >= 4 is 38.3 Å². The number of anilines is 2. The maximum Gasteiger partial charge on any atom is 0.341 e. The van der Waals surface area contributed by atoms with E-state index in [1.807, 2.05) is 19.0 Å². The molecule has 0 saturated carbocycles. The van der Waals surface area contributed by atoms with E-state index in [0.717, 1.165) is 11.8 Å². The molecular weight excluding hydrogens is 475 g/mol. The van der Waals surface area contributed by atoms with E-state index < -0.39 is 32.8 Å². The van der Waals surface area contributed by atoms with Crippen molar-refractivity contribution in [3.63, 3.8) is 0 Å². The van der Waals surface area contributed by atoms with Gasteiger partial charge in [0.15, 0.2) is 0 Å². The SMILES string of the molecule is CCn1cc(C(=O)O)c(=O)c2cc(F)c(N3CCN(S(=O)(=O)c4ccc(N(C)C)cc4)CC3)cc21. The number of nitrogens with zero attached hydrogens (tertiary/aromatic N) is 4. The number of benzene rings is 2. The van der Waals surface area contributed by atoms with E-state index in [4.69, 9.17) is 0 Å². The number of rotatable bonds is 6. The van der Waals surface area contributed by atoms with Gasteiger partial charge < -0.3 is 19.5 Å². The van der Waals surface area contributed by atoms with Crippen LogP contribution in [-0.4, -0.2) is 68.6 Å². The van der Waals surface area contributed by atoms with Crippen LogP contribution >= 0.6 is 0 Å². The molecule has 35 heavy (non-hydrogen) atoms. The zero-order chi connectivity index (χ0) is 25.5. The second-order valence-electron chi connectivity index (χ2n) is 8.56. The molecule has 1 saturated heterocycles. The van der Waals surface area contributed by atoms with E-state index in [2.05, 4.69) is 0 Å². The largest absolute Gasteiger partial charge is 0.477 e. The molecule has 0 bridgehead atoms. The third kappa shape index (κ3) is 4.48. The highest BCUT2D eigenvalue weighted by Crippen LogP contribution is 2.28. The monoisotopic (exact) mass is 502 g/mol. The lowest BCUT2D eigenvalue weighted by atomic mass is 10.1. The number of fused-ring (bicyclic) bond motifs is 1. The van der Waals surface area contributed by atoms with Crippen LogP contribution in [-0.2, 0) is 16.6 Å². The number of carboxylic acid groups (broad SMARTS) is 1. The molecule has 2 aromatic carbocycles. The van der Waals surface area contributed by atoms with Crippen LogP contribution in [0.3, 0.4) is 0 Å². The van der Waals surface area contributed by atoms with Gasteiger partial charge in [-0.2, -0.15) is 4.31 Å². The van der Waals surface area contributed by atoms with Gasteiger partial charge in [0.05, 0.1) is 16.1 Å². The van der Waals surface area contributed by atoms with Crippen LogP contribution in [0.15, 0.2) is 52.3 Å². The van der Waals surface area contributed by atoms with E-state index in [-0.39, 0.29) is 42.1 Å². The minimum atomic E-state index is -3.69. The van der Waals surface area contributed by atoms with Gasteiger partial charge in [-0.15, -0.1) is 0 Å². The van der Waals surface area contributed by atoms with Gasteiger partial charge in [0.2, 0.25) is 15.5 Å². The quantitative estimate of drug-likeness (QED) is 0.552. The Morgan fingerprint density at radius 3 is 2.26 bits per heavy atom. The number of hydrogen-bond acceptors (Lipinski definition) is 6. The maximum atomic E-state index is 15.1. The fourth-order valence-electron chi connectivity index (χ4n) is 4.29.